The highest BCUT2D eigenvalue weighted by Crippen LogP contribution is 2.42. The maximum absolute atomic E-state index is 12.3. The molecule has 2 aromatic rings. The Morgan fingerprint density at radius 3 is 2.46 bits per heavy atom. The van der Waals surface area contributed by atoms with Gasteiger partial charge in [-0.15, -0.1) is 0 Å². The van der Waals surface area contributed by atoms with Crippen molar-refractivity contribution in [2.24, 2.45) is 0 Å². The third-order valence-corrected chi connectivity index (χ3v) is 5.59. The van der Waals surface area contributed by atoms with Gasteiger partial charge in [-0.25, -0.2) is 4.79 Å². The number of likely N-dealkylation sites (tertiary alicyclic amines) is 1. The molecule has 1 amide bonds. The Kier molecular flexibility index (Phi) is 4.42. The first-order valence-corrected chi connectivity index (χ1v) is 9.97. The number of carbonyl (C=O) groups is 1. The van der Waals surface area contributed by atoms with Crippen molar-refractivity contribution in [2.45, 2.75) is 64.0 Å². The number of fused-ring (bicyclic) bond motifs is 1. The highest BCUT2D eigenvalue weighted by Gasteiger charge is 2.31. The lowest BCUT2D eigenvalue weighted by Crippen LogP contribution is -2.41. The van der Waals surface area contributed by atoms with Crippen molar-refractivity contribution < 1.29 is 9.53 Å². The molecule has 2 aliphatic rings. The van der Waals surface area contributed by atoms with E-state index in [4.69, 9.17) is 16.3 Å². The van der Waals surface area contributed by atoms with Crippen LogP contribution >= 0.6 is 11.6 Å². The van der Waals surface area contributed by atoms with Crippen LogP contribution in [-0.2, 0) is 4.74 Å². The van der Waals surface area contributed by atoms with E-state index < -0.39 is 5.60 Å². The molecule has 1 aromatic heterocycles. The zero-order valence-electron chi connectivity index (χ0n) is 15.8. The number of benzene rings is 1. The van der Waals surface area contributed by atoms with E-state index in [1.165, 1.54) is 29.3 Å². The number of hydrogen-bond donors (Lipinski definition) is 0. The molecule has 0 N–H and O–H groups in total. The van der Waals surface area contributed by atoms with Crippen LogP contribution < -0.4 is 0 Å². The van der Waals surface area contributed by atoms with E-state index in [-0.39, 0.29) is 6.09 Å². The first kappa shape index (κ1) is 17.7. The van der Waals surface area contributed by atoms with E-state index in [0.717, 1.165) is 31.0 Å². The van der Waals surface area contributed by atoms with Crippen LogP contribution in [-0.4, -0.2) is 34.3 Å². The molecule has 26 heavy (non-hydrogen) atoms. The topological polar surface area (TPSA) is 34.5 Å². The van der Waals surface area contributed by atoms with Crippen molar-refractivity contribution in [3.63, 3.8) is 0 Å². The molecule has 1 aliphatic carbocycles. The zero-order valence-corrected chi connectivity index (χ0v) is 16.6. The Morgan fingerprint density at radius 1 is 1.15 bits per heavy atom. The number of ether oxygens (including phenoxy) is 1. The van der Waals surface area contributed by atoms with Gasteiger partial charge in [0.1, 0.15) is 5.60 Å². The molecule has 1 aliphatic heterocycles. The van der Waals surface area contributed by atoms with E-state index in [2.05, 4.69) is 22.9 Å². The molecule has 2 fully saturated rings. The van der Waals surface area contributed by atoms with Gasteiger partial charge in [0.25, 0.3) is 0 Å². The van der Waals surface area contributed by atoms with Crippen LogP contribution in [0.1, 0.15) is 64.0 Å². The van der Waals surface area contributed by atoms with Gasteiger partial charge in [0, 0.05) is 41.3 Å². The first-order valence-electron chi connectivity index (χ1n) is 9.60. The van der Waals surface area contributed by atoms with E-state index >= 15 is 0 Å². The summed E-state index contributed by atoms with van der Waals surface area (Å²) in [5, 5.41) is 2.07. The molecule has 5 heteroatoms. The van der Waals surface area contributed by atoms with Gasteiger partial charge < -0.3 is 14.2 Å². The number of rotatable bonds is 2. The van der Waals surface area contributed by atoms with Gasteiger partial charge >= 0.3 is 6.09 Å². The van der Waals surface area contributed by atoms with Gasteiger partial charge in [0.2, 0.25) is 0 Å². The Balaban J connectivity index is 1.53. The molecule has 0 atom stereocenters. The molecule has 4 rings (SSSR count). The fraction of sp³-hybridized carbons (Fsp3) is 0.571. The zero-order chi connectivity index (χ0) is 18.5. The highest BCUT2D eigenvalue weighted by molar-refractivity contribution is 6.31. The number of carbonyl (C=O) groups excluding carboxylic acids is 1. The molecule has 140 valence electrons. The summed E-state index contributed by atoms with van der Waals surface area (Å²) in [6.07, 6.45) is 6.61. The van der Waals surface area contributed by atoms with Crippen LogP contribution in [0.15, 0.2) is 24.4 Å². The van der Waals surface area contributed by atoms with E-state index in [9.17, 15) is 4.79 Å². The normalized spacial score (nSPS) is 19.2. The lowest BCUT2D eigenvalue weighted by atomic mass is 9.89. The SMILES string of the molecule is CC(C)(C)OC(=O)N1CCC(c2cn(C3CC3)c3ccc(Cl)cc23)CC1. The van der Waals surface area contributed by atoms with Crippen LogP contribution in [0.4, 0.5) is 4.79 Å². The fourth-order valence-corrected chi connectivity index (χ4v) is 4.11. The van der Waals surface area contributed by atoms with Crippen molar-refractivity contribution >= 4 is 28.6 Å². The minimum atomic E-state index is -0.442. The van der Waals surface area contributed by atoms with E-state index in [0.29, 0.717) is 12.0 Å². The Bertz CT molecular complexity index is 824. The van der Waals surface area contributed by atoms with E-state index in [1.54, 1.807) is 0 Å². The summed E-state index contributed by atoms with van der Waals surface area (Å²) < 4.78 is 7.95. The smallest absolute Gasteiger partial charge is 0.410 e. The number of halogens is 1. The van der Waals surface area contributed by atoms with E-state index in [1.807, 2.05) is 31.7 Å². The maximum atomic E-state index is 12.3. The summed E-state index contributed by atoms with van der Waals surface area (Å²) in [4.78, 5) is 14.1. The minimum Gasteiger partial charge on any atom is -0.444 e. The van der Waals surface area contributed by atoms with Crippen LogP contribution in [0.2, 0.25) is 5.02 Å². The van der Waals surface area contributed by atoms with Gasteiger partial charge in [-0.05, 0) is 76.1 Å². The van der Waals surface area contributed by atoms with Crippen molar-refractivity contribution in [3.05, 3.63) is 35.0 Å². The Hall–Kier alpha value is -1.68. The summed E-state index contributed by atoms with van der Waals surface area (Å²) >= 11 is 6.28. The molecule has 1 saturated carbocycles. The second-order valence-electron chi connectivity index (χ2n) is 8.63. The maximum Gasteiger partial charge on any atom is 0.410 e. The van der Waals surface area contributed by atoms with Crippen LogP contribution in [0.3, 0.4) is 0 Å². The Labute approximate surface area is 160 Å². The average molecular weight is 375 g/mol. The second kappa shape index (κ2) is 6.49. The lowest BCUT2D eigenvalue weighted by Gasteiger charge is -2.33. The number of nitrogens with zero attached hydrogens (tertiary/aromatic N) is 2. The number of aromatic nitrogens is 1. The van der Waals surface area contributed by atoms with Crippen LogP contribution in [0.5, 0.6) is 0 Å². The first-order chi connectivity index (χ1) is 12.3. The molecule has 0 spiro atoms. The predicted octanol–water partition coefficient (Wildman–Crippen LogP) is 5.74. The third kappa shape index (κ3) is 3.57. The number of amides is 1. The third-order valence-electron chi connectivity index (χ3n) is 5.35. The van der Waals surface area contributed by atoms with Gasteiger partial charge in [-0.1, -0.05) is 11.6 Å². The molecule has 0 bridgehead atoms. The molecule has 0 unspecified atom stereocenters. The molecule has 4 nitrogen and oxygen atoms in total. The monoisotopic (exact) mass is 374 g/mol. The summed E-state index contributed by atoms with van der Waals surface area (Å²) in [5.74, 6) is 0.467. The van der Waals surface area contributed by atoms with Crippen molar-refractivity contribution in [3.8, 4) is 0 Å². The van der Waals surface area contributed by atoms with Crippen LogP contribution in [0.25, 0.3) is 10.9 Å². The summed E-state index contributed by atoms with van der Waals surface area (Å²) in [5.41, 5.74) is 2.24. The summed E-state index contributed by atoms with van der Waals surface area (Å²) in [7, 11) is 0. The summed E-state index contributed by atoms with van der Waals surface area (Å²) in [6, 6.07) is 6.88. The van der Waals surface area contributed by atoms with Gasteiger partial charge in [0.05, 0.1) is 0 Å². The van der Waals surface area contributed by atoms with Gasteiger partial charge in [-0.3, -0.25) is 0 Å². The summed E-state index contributed by atoms with van der Waals surface area (Å²) in [6.45, 7) is 7.23. The largest absolute Gasteiger partial charge is 0.444 e. The molecule has 0 radical (unpaired) electrons. The average Bonchev–Trinajstić information content (AvgIpc) is 3.35. The van der Waals surface area contributed by atoms with Gasteiger partial charge in [0.15, 0.2) is 0 Å². The molecule has 1 aromatic carbocycles. The van der Waals surface area contributed by atoms with Crippen molar-refractivity contribution in [1.82, 2.24) is 9.47 Å². The van der Waals surface area contributed by atoms with Gasteiger partial charge in [-0.2, -0.15) is 0 Å². The predicted molar refractivity (Wildman–Crippen MR) is 105 cm³/mol. The quantitative estimate of drug-likeness (QED) is 0.671. The lowest BCUT2D eigenvalue weighted by molar-refractivity contribution is 0.0205. The minimum absolute atomic E-state index is 0.195. The second-order valence-corrected chi connectivity index (χ2v) is 9.06. The number of hydrogen-bond acceptors (Lipinski definition) is 2. The Morgan fingerprint density at radius 2 is 1.85 bits per heavy atom. The molecule has 2 heterocycles. The molecular weight excluding hydrogens is 348 g/mol. The molecular formula is C21H27ClN2O2. The highest BCUT2D eigenvalue weighted by atomic mass is 35.5. The standard InChI is InChI=1S/C21H27ClN2O2/c1-21(2,3)26-20(25)23-10-8-14(9-11-23)18-13-24(16-5-6-16)19-7-4-15(22)12-17(18)19/h4,7,12-14,16H,5-6,8-11H2,1-3H3. The van der Waals surface area contributed by atoms with Crippen molar-refractivity contribution in [2.75, 3.05) is 13.1 Å². The fourth-order valence-electron chi connectivity index (χ4n) is 3.93. The van der Waals surface area contributed by atoms with Crippen LogP contribution in [0, 0.1) is 0 Å². The molecule has 1 saturated heterocycles. The van der Waals surface area contributed by atoms with Crippen molar-refractivity contribution in [1.29, 1.82) is 0 Å². The number of piperidine rings is 1.